The van der Waals surface area contributed by atoms with E-state index < -0.39 is 21.7 Å². The second-order valence-corrected chi connectivity index (χ2v) is 11.8. The van der Waals surface area contributed by atoms with Gasteiger partial charge in [-0.1, -0.05) is 34.4 Å². The van der Waals surface area contributed by atoms with Gasteiger partial charge in [-0.15, -0.1) is 0 Å². The number of benzene rings is 1. The molecule has 1 fully saturated rings. The summed E-state index contributed by atoms with van der Waals surface area (Å²) < 4.78 is 32.9. The lowest BCUT2D eigenvalue weighted by Gasteiger charge is -2.32. The second kappa shape index (κ2) is 9.99. The van der Waals surface area contributed by atoms with E-state index >= 15 is 0 Å². The highest BCUT2D eigenvalue weighted by Crippen LogP contribution is 2.23. The highest BCUT2D eigenvalue weighted by Gasteiger charge is 2.31. The molecule has 2 rings (SSSR count). The van der Waals surface area contributed by atoms with E-state index in [1.54, 1.807) is 20.8 Å². The zero-order valence-electron chi connectivity index (χ0n) is 17.5. The Morgan fingerprint density at radius 1 is 1.30 bits per heavy atom. The van der Waals surface area contributed by atoms with Crippen LogP contribution in [0, 0.1) is 23.2 Å². The van der Waals surface area contributed by atoms with Gasteiger partial charge in [-0.05, 0) is 58.7 Å². The first kappa shape index (κ1) is 24.4. The van der Waals surface area contributed by atoms with Crippen molar-refractivity contribution in [3.05, 3.63) is 29.3 Å². The van der Waals surface area contributed by atoms with E-state index in [0.29, 0.717) is 24.0 Å². The average Bonchev–Trinajstić information content (AvgIpc) is 2.64. The van der Waals surface area contributed by atoms with Gasteiger partial charge in [0.1, 0.15) is 11.7 Å². The predicted molar refractivity (Wildman–Crippen MR) is 123 cm³/mol. The smallest absolute Gasteiger partial charge is 0.407 e. The van der Waals surface area contributed by atoms with E-state index in [9.17, 15) is 18.5 Å². The Balaban J connectivity index is 2.11. The number of halogens is 1. The number of piperidine rings is 1. The number of ether oxygens (including phenoxy) is 1. The van der Waals surface area contributed by atoms with Gasteiger partial charge in [0.05, 0.1) is 14.4 Å². The molecule has 162 valence electrons. The predicted octanol–water partition coefficient (Wildman–Crippen LogP) is 3.41. The SMILES string of the molecule is CC(I)C#Cc1cc(S(=O)(=O)N2CCC(NC(=O)OC(C)(C)C)CC2)ccc1C#N. The third-order valence-electron chi connectivity index (χ3n) is 4.33. The summed E-state index contributed by atoms with van der Waals surface area (Å²) in [5, 5.41) is 12.1. The van der Waals surface area contributed by atoms with Gasteiger partial charge in [-0.25, -0.2) is 13.2 Å². The molecule has 1 atom stereocenters. The quantitative estimate of drug-likeness (QED) is 0.358. The molecular weight excluding hydrogens is 517 g/mol. The lowest BCUT2D eigenvalue weighted by molar-refractivity contribution is 0.0489. The van der Waals surface area contributed by atoms with E-state index in [4.69, 9.17) is 4.74 Å². The number of carbonyl (C=O) groups is 1. The number of rotatable bonds is 3. The fourth-order valence-corrected chi connectivity index (χ4v) is 4.58. The normalized spacial score (nSPS) is 16.7. The molecule has 0 saturated carbocycles. The van der Waals surface area contributed by atoms with Crippen molar-refractivity contribution in [2.45, 2.75) is 61.0 Å². The van der Waals surface area contributed by atoms with Gasteiger partial charge in [0.25, 0.3) is 0 Å². The van der Waals surface area contributed by atoms with Crippen molar-refractivity contribution >= 4 is 38.7 Å². The third kappa shape index (κ3) is 6.86. The average molecular weight is 543 g/mol. The topological polar surface area (TPSA) is 99.5 Å². The van der Waals surface area contributed by atoms with Crippen LogP contribution in [0.15, 0.2) is 23.1 Å². The molecule has 0 aliphatic carbocycles. The van der Waals surface area contributed by atoms with Crippen molar-refractivity contribution in [3.63, 3.8) is 0 Å². The zero-order valence-corrected chi connectivity index (χ0v) is 20.5. The Kier molecular flexibility index (Phi) is 8.14. The Bertz CT molecular complexity index is 990. The van der Waals surface area contributed by atoms with Crippen molar-refractivity contribution in [2.24, 2.45) is 0 Å². The summed E-state index contributed by atoms with van der Waals surface area (Å²) >= 11 is 2.15. The monoisotopic (exact) mass is 543 g/mol. The third-order valence-corrected chi connectivity index (χ3v) is 6.54. The van der Waals surface area contributed by atoms with E-state index in [1.807, 2.05) is 6.92 Å². The van der Waals surface area contributed by atoms with E-state index in [0.717, 1.165) is 0 Å². The molecule has 1 saturated heterocycles. The molecule has 1 N–H and O–H groups in total. The standard InChI is InChI=1S/C21H26IN3O4S/c1-15(22)5-6-16-13-19(8-7-17(16)14-23)30(27,28)25-11-9-18(10-12-25)24-20(26)29-21(2,3)4/h7-8,13,15,18H,9-12H2,1-4H3,(H,24,26). The summed E-state index contributed by atoms with van der Waals surface area (Å²) in [7, 11) is -3.72. The van der Waals surface area contributed by atoms with Gasteiger partial charge in [0.15, 0.2) is 0 Å². The second-order valence-electron chi connectivity index (χ2n) is 8.03. The molecule has 1 heterocycles. The number of amides is 1. The zero-order chi connectivity index (χ0) is 22.5. The molecule has 1 aromatic rings. The number of hydrogen-bond acceptors (Lipinski definition) is 5. The van der Waals surface area contributed by atoms with Crippen LogP contribution in [0.3, 0.4) is 0 Å². The van der Waals surface area contributed by atoms with Crippen molar-refractivity contribution < 1.29 is 17.9 Å². The fourth-order valence-electron chi connectivity index (χ4n) is 2.93. The summed E-state index contributed by atoms with van der Waals surface area (Å²) in [6.45, 7) is 7.86. The van der Waals surface area contributed by atoms with Crippen molar-refractivity contribution in [1.82, 2.24) is 9.62 Å². The highest BCUT2D eigenvalue weighted by atomic mass is 127. The maximum Gasteiger partial charge on any atom is 0.407 e. The maximum absolute atomic E-state index is 13.1. The Hall–Kier alpha value is -1.82. The maximum atomic E-state index is 13.1. The Labute approximate surface area is 192 Å². The number of carbonyl (C=O) groups excluding carboxylic acids is 1. The lowest BCUT2D eigenvalue weighted by atomic mass is 10.1. The number of alkyl halides is 1. The van der Waals surface area contributed by atoms with Crippen LogP contribution in [0.25, 0.3) is 0 Å². The van der Waals surface area contributed by atoms with E-state index in [2.05, 4.69) is 45.8 Å². The first-order chi connectivity index (χ1) is 13.9. The van der Waals surface area contributed by atoms with Gasteiger partial charge in [0.2, 0.25) is 10.0 Å². The number of hydrogen-bond donors (Lipinski definition) is 1. The minimum Gasteiger partial charge on any atom is -0.444 e. The minimum atomic E-state index is -3.72. The van der Waals surface area contributed by atoms with Crippen LogP contribution in [-0.4, -0.2) is 47.5 Å². The van der Waals surface area contributed by atoms with Crippen LogP contribution >= 0.6 is 22.6 Å². The summed E-state index contributed by atoms with van der Waals surface area (Å²) in [5.74, 6) is 5.86. The molecular formula is C21H26IN3O4S. The van der Waals surface area contributed by atoms with Crippen LogP contribution in [0.5, 0.6) is 0 Å². The number of nitriles is 1. The summed E-state index contributed by atoms with van der Waals surface area (Å²) in [4.78, 5) is 12.0. The molecule has 1 aromatic carbocycles. The van der Waals surface area contributed by atoms with Gasteiger partial charge >= 0.3 is 6.09 Å². The Morgan fingerprint density at radius 3 is 2.47 bits per heavy atom. The minimum absolute atomic E-state index is 0.0749. The molecule has 7 nitrogen and oxygen atoms in total. The van der Waals surface area contributed by atoms with E-state index in [-0.39, 0.29) is 28.0 Å². The number of nitrogens with one attached hydrogen (secondary N) is 1. The van der Waals surface area contributed by atoms with Crippen molar-refractivity contribution in [1.29, 1.82) is 5.26 Å². The first-order valence-electron chi connectivity index (χ1n) is 9.62. The van der Waals surface area contributed by atoms with Gasteiger partial charge in [0, 0.05) is 24.7 Å². The lowest BCUT2D eigenvalue weighted by Crippen LogP contribution is -2.47. The van der Waals surface area contributed by atoms with Crippen LogP contribution in [0.2, 0.25) is 0 Å². The van der Waals surface area contributed by atoms with Crippen LogP contribution < -0.4 is 5.32 Å². The molecule has 0 aromatic heterocycles. The van der Waals surface area contributed by atoms with Gasteiger partial charge < -0.3 is 10.1 Å². The summed E-state index contributed by atoms with van der Waals surface area (Å²) in [6.07, 6.45) is 0.491. The van der Waals surface area contributed by atoms with Gasteiger partial charge in [-0.3, -0.25) is 0 Å². The molecule has 0 radical (unpaired) electrons. The number of sulfonamides is 1. The highest BCUT2D eigenvalue weighted by molar-refractivity contribution is 14.1. The Morgan fingerprint density at radius 2 is 1.93 bits per heavy atom. The molecule has 9 heteroatoms. The molecule has 30 heavy (non-hydrogen) atoms. The number of nitrogens with zero attached hydrogens (tertiary/aromatic N) is 2. The molecule has 1 amide bonds. The molecule has 1 aliphatic rings. The molecule has 0 spiro atoms. The largest absolute Gasteiger partial charge is 0.444 e. The summed E-state index contributed by atoms with van der Waals surface area (Å²) in [6, 6.07) is 6.31. The number of alkyl carbamates (subject to hydrolysis) is 1. The first-order valence-corrected chi connectivity index (χ1v) is 12.3. The van der Waals surface area contributed by atoms with E-state index in [1.165, 1.54) is 22.5 Å². The summed E-state index contributed by atoms with van der Waals surface area (Å²) in [5.41, 5.74) is 0.168. The van der Waals surface area contributed by atoms with Crippen molar-refractivity contribution in [3.8, 4) is 17.9 Å². The molecule has 1 aliphatic heterocycles. The molecule has 0 bridgehead atoms. The van der Waals surface area contributed by atoms with Crippen LogP contribution in [0.4, 0.5) is 4.79 Å². The fraction of sp³-hybridized carbons (Fsp3) is 0.524. The van der Waals surface area contributed by atoms with Gasteiger partial charge in [-0.2, -0.15) is 9.57 Å². The molecule has 1 unspecified atom stereocenters. The van der Waals surface area contributed by atoms with Crippen molar-refractivity contribution in [2.75, 3.05) is 13.1 Å². The van der Waals surface area contributed by atoms with Crippen LogP contribution in [0.1, 0.15) is 51.7 Å². The van der Waals surface area contributed by atoms with Crippen LogP contribution in [-0.2, 0) is 14.8 Å².